The van der Waals surface area contributed by atoms with Gasteiger partial charge in [0.2, 0.25) is 0 Å². The first-order chi connectivity index (χ1) is 7.81. The molecule has 1 rings (SSSR count). The molecule has 1 N–H and O–H groups in total. The van der Waals surface area contributed by atoms with Crippen LogP contribution in [-0.2, 0) is 6.54 Å². The smallest absolute Gasteiger partial charge is 0.152 e. The zero-order valence-corrected chi connectivity index (χ0v) is 9.90. The van der Waals surface area contributed by atoms with Gasteiger partial charge in [-0.1, -0.05) is 12.8 Å². The van der Waals surface area contributed by atoms with Crippen LogP contribution >= 0.6 is 0 Å². The molecule has 0 radical (unpaired) electrons. The second-order valence-corrected chi connectivity index (χ2v) is 3.38. The molecule has 0 aliphatic rings. The van der Waals surface area contributed by atoms with Crippen LogP contribution in [0.5, 0.6) is 0 Å². The first-order valence-electron chi connectivity index (χ1n) is 5.53. The molecular weight excluding hydrogens is 200 g/mol. The van der Waals surface area contributed by atoms with Crippen molar-refractivity contribution >= 4 is 5.82 Å². The van der Waals surface area contributed by atoms with E-state index in [-0.39, 0.29) is 0 Å². The quantitative estimate of drug-likeness (QED) is 0.725. The van der Waals surface area contributed by atoms with Crippen molar-refractivity contribution in [3.8, 4) is 12.3 Å². The third-order valence-corrected chi connectivity index (χ3v) is 2.25. The number of hydrogen-bond donors (Lipinski definition) is 1. The van der Waals surface area contributed by atoms with Crippen LogP contribution in [-0.4, -0.2) is 29.8 Å². The van der Waals surface area contributed by atoms with Gasteiger partial charge in [0.25, 0.3) is 0 Å². The summed E-state index contributed by atoms with van der Waals surface area (Å²) in [6.45, 7) is 7.20. The van der Waals surface area contributed by atoms with Gasteiger partial charge in [0.15, 0.2) is 5.82 Å². The number of terminal acetylenes is 1. The van der Waals surface area contributed by atoms with Gasteiger partial charge in [0.1, 0.15) is 0 Å². The molecule has 0 saturated carbocycles. The normalized spacial score (nSPS) is 9.81. The SMILES string of the molecule is C#CCN(CC)c1ccc(CNCC)nn1. The van der Waals surface area contributed by atoms with Gasteiger partial charge in [-0.2, -0.15) is 5.10 Å². The summed E-state index contributed by atoms with van der Waals surface area (Å²) in [5.74, 6) is 3.45. The highest BCUT2D eigenvalue weighted by Crippen LogP contribution is 2.08. The van der Waals surface area contributed by atoms with Crippen molar-refractivity contribution in [2.24, 2.45) is 0 Å². The van der Waals surface area contributed by atoms with E-state index in [1.807, 2.05) is 24.0 Å². The van der Waals surface area contributed by atoms with Gasteiger partial charge in [0, 0.05) is 13.1 Å². The van der Waals surface area contributed by atoms with Crippen LogP contribution in [0, 0.1) is 12.3 Å². The minimum absolute atomic E-state index is 0.567. The fraction of sp³-hybridized carbons (Fsp3) is 0.500. The highest BCUT2D eigenvalue weighted by atomic mass is 15.3. The Bertz CT molecular complexity index is 339. The van der Waals surface area contributed by atoms with E-state index in [4.69, 9.17) is 6.42 Å². The van der Waals surface area contributed by atoms with Crippen LogP contribution in [0.1, 0.15) is 19.5 Å². The molecule has 4 nitrogen and oxygen atoms in total. The summed E-state index contributed by atoms with van der Waals surface area (Å²) in [6.07, 6.45) is 5.29. The highest BCUT2D eigenvalue weighted by Gasteiger charge is 2.04. The van der Waals surface area contributed by atoms with Crippen LogP contribution in [0.15, 0.2) is 12.1 Å². The lowest BCUT2D eigenvalue weighted by atomic mass is 10.3. The van der Waals surface area contributed by atoms with Gasteiger partial charge < -0.3 is 10.2 Å². The molecule has 0 unspecified atom stereocenters. The Balaban J connectivity index is 2.66. The first-order valence-corrected chi connectivity index (χ1v) is 5.53. The van der Waals surface area contributed by atoms with E-state index in [0.29, 0.717) is 6.54 Å². The summed E-state index contributed by atoms with van der Waals surface area (Å²) in [5, 5.41) is 11.5. The van der Waals surface area contributed by atoms with Crippen molar-refractivity contribution in [1.29, 1.82) is 0 Å². The second-order valence-electron chi connectivity index (χ2n) is 3.38. The molecular formula is C12H18N4. The van der Waals surface area contributed by atoms with E-state index in [9.17, 15) is 0 Å². The number of anilines is 1. The third kappa shape index (κ3) is 3.52. The maximum absolute atomic E-state index is 5.29. The Hall–Kier alpha value is -1.60. The number of aromatic nitrogens is 2. The maximum Gasteiger partial charge on any atom is 0.152 e. The molecule has 0 fully saturated rings. The van der Waals surface area contributed by atoms with Gasteiger partial charge in [-0.05, 0) is 25.6 Å². The van der Waals surface area contributed by atoms with Crippen molar-refractivity contribution < 1.29 is 0 Å². The molecule has 0 aliphatic heterocycles. The first kappa shape index (κ1) is 12.5. The lowest BCUT2D eigenvalue weighted by Crippen LogP contribution is -2.24. The number of nitrogens with zero attached hydrogens (tertiary/aromatic N) is 3. The van der Waals surface area contributed by atoms with Gasteiger partial charge >= 0.3 is 0 Å². The van der Waals surface area contributed by atoms with Crippen LogP contribution in [0.2, 0.25) is 0 Å². The van der Waals surface area contributed by atoms with Gasteiger partial charge in [-0.15, -0.1) is 11.5 Å². The Morgan fingerprint density at radius 3 is 2.69 bits per heavy atom. The minimum Gasteiger partial charge on any atom is -0.344 e. The molecule has 0 aromatic carbocycles. The predicted molar refractivity (Wildman–Crippen MR) is 66.1 cm³/mol. The van der Waals surface area contributed by atoms with Crippen LogP contribution in [0.3, 0.4) is 0 Å². The highest BCUT2D eigenvalue weighted by molar-refractivity contribution is 5.38. The molecule has 1 aromatic heterocycles. The summed E-state index contributed by atoms with van der Waals surface area (Å²) in [4.78, 5) is 2.00. The molecule has 0 atom stereocenters. The fourth-order valence-electron chi connectivity index (χ4n) is 1.33. The van der Waals surface area contributed by atoms with Gasteiger partial charge in [-0.3, -0.25) is 0 Å². The van der Waals surface area contributed by atoms with Crippen molar-refractivity contribution in [3.05, 3.63) is 17.8 Å². The monoisotopic (exact) mass is 218 g/mol. The van der Waals surface area contributed by atoms with Crippen molar-refractivity contribution in [2.45, 2.75) is 20.4 Å². The molecule has 16 heavy (non-hydrogen) atoms. The minimum atomic E-state index is 0.567. The zero-order chi connectivity index (χ0) is 11.8. The predicted octanol–water partition coefficient (Wildman–Crippen LogP) is 1.05. The van der Waals surface area contributed by atoms with E-state index >= 15 is 0 Å². The van der Waals surface area contributed by atoms with Gasteiger partial charge in [-0.25, -0.2) is 0 Å². The Morgan fingerprint density at radius 2 is 2.19 bits per heavy atom. The van der Waals surface area contributed by atoms with E-state index in [0.717, 1.165) is 31.1 Å². The lowest BCUT2D eigenvalue weighted by molar-refractivity contribution is 0.696. The molecule has 1 aromatic rings. The van der Waals surface area contributed by atoms with Crippen LogP contribution < -0.4 is 10.2 Å². The molecule has 86 valence electrons. The fourth-order valence-corrected chi connectivity index (χ4v) is 1.33. The van der Waals surface area contributed by atoms with Crippen LogP contribution in [0.4, 0.5) is 5.82 Å². The van der Waals surface area contributed by atoms with E-state index in [1.165, 1.54) is 0 Å². The third-order valence-electron chi connectivity index (χ3n) is 2.25. The number of hydrogen-bond acceptors (Lipinski definition) is 4. The average molecular weight is 218 g/mol. The van der Waals surface area contributed by atoms with Gasteiger partial charge in [0.05, 0.1) is 12.2 Å². The maximum atomic E-state index is 5.29. The largest absolute Gasteiger partial charge is 0.344 e. The topological polar surface area (TPSA) is 41.0 Å². The molecule has 0 amide bonds. The van der Waals surface area contributed by atoms with E-state index in [1.54, 1.807) is 0 Å². The summed E-state index contributed by atoms with van der Waals surface area (Å²) in [5.41, 5.74) is 0.947. The molecule has 1 heterocycles. The summed E-state index contributed by atoms with van der Waals surface area (Å²) >= 11 is 0. The average Bonchev–Trinajstić information content (AvgIpc) is 2.34. The molecule has 4 heteroatoms. The Labute approximate surface area is 97.1 Å². The molecule has 0 saturated heterocycles. The summed E-state index contributed by atoms with van der Waals surface area (Å²) in [6, 6.07) is 3.94. The lowest BCUT2D eigenvalue weighted by Gasteiger charge is -2.18. The van der Waals surface area contributed by atoms with E-state index in [2.05, 4.69) is 28.4 Å². The molecule has 0 spiro atoms. The Morgan fingerprint density at radius 1 is 1.38 bits per heavy atom. The zero-order valence-electron chi connectivity index (χ0n) is 9.90. The summed E-state index contributed by atoms with van der Waals surface area (Å²) < 4.78 is 0. The van der Waals surface area contributed by atoms with Crippen molar-refractivity contribution in [1.82, 2.24) is 15.5 Å². The number of rotatable bonds is 6. The molecule has 0 aliphatic carbocycles. The molecule has 0 bridgehead atoms. The van der Waals surface area contributed by atoms with E-state index < -0.39 is 0 Å². The number of nitrogens with one attached hydrogen (secondary N) is 1. The Kier molecular flexibility index (Phi) is 5.30. The standard InChI is InChI=1S/C12H18N4/c1-4-9-16(6-3)12-8-7-11(14-15-12)10-13-5-2/h1,7-8,13H,5-6,9-10H2,2-3H3. The van der Waals surface area contributed by atoms with Crippen LogP contribution in [0.25, 0.3) is 0 Å². The van der Waals surface area contributed by atoms with Crippen molar-refractivity contribution in [2.75, 3.05) is 24.5 Å². The van der Waals surface area contributed by atoms with Crippen molar-refractivity contribution in [3.63, 3.8) is 0 Å². The summed E-state index contributed by atoms with van der Waals surface area (Å²) in [7, 11) is 0. The second kappa shape index (κ2) is 6.81.